The molecular formula is C13H21NO11P2. The summed E-state index contributed by atoms with van der Waals surface area (Å²) in [4.78, 5) is 44.3. The maximum Gasteiger partial charge on any atom is 0.369 e. The van der Waals surface area contributed by atoms with E-state index in [0.29, 0.717) is 11.3 Å². The Labute approximate surface area is 153 Å². The molecule has 0 aliphatic carbocycles. The number of aliphatic hydroxyl groups is 1. The van der Waals surface area contributed by atoms with E-state index in [-0.39, 0.29) is 5.75 Å². The van der Waals surface area contributed by atoms with Gasteiger partial charge in [0.25, 0.3) is 5.08 Å². The number of benzene rings is 1. The molecule has 0 aromatic heterocycles. The van der Waals surface area contributed by atoms with Gasteiger partial charge in [0.1, 0.15) is 0 Å². The van der Waals surface area contributed by atoms with Gasteiger partial charge in [0.2, 0.25) is 0 Å². The van der Waals surface area contributed by atoms with Gasteiger partial charge in [0.05, 0.1) is 7.11 Å². The van der Waals surface area contributed by atoms with E-state index in [2.05, 4.69) is 0 Å². The van der Waals surface area contributed by atoms with Crippen LogP contribution in [0.25, 0.3) is 6.08 Å². The molecule has 0 saturated heterocycles. The Bertz CT molecular complexity index is 746. The van der Waals surface area contributed by atoms with Crippen molar-refractivity contribution < 1.29 is 53.6 Å². The smallest absolute Gasteiger partial charge is 0.369 e. The zero-order valence-corrected chi connectivity index (χ0v) is 15.8. The fourth-order valence-corrected chi connectivity index (χ4v) is 3.82. The number of nitrogens with two attached hydrogens (primary N) is 1. The van der Waals surface area contributed by atoms with Crippen LogP contribution in [0.4, 0.5) is 0 Å². The zero-order chi connectivity index (χ0) is 21.5. The number of carboxylic acids is 1. The van der Waals surface area contributed by atoms with Gasteiger partial charge < -0.3 is 45.4 Å². The van der Waals surface area contributed by atoms with Crippen LogP contribution >= 0.6 is 15.2 Å². The number of hydrogen-bond donors (Lipinski definition) is 8. The highest BCUT2D eigenvalue weighted by Crippen LogP contribution is 2.68. The lowest BCUT2D eigenvalue weighted by molar-refractivity contribution is -0.131. The molecule has 14 heteroatoms. The molecule has 27 heavy (non-hydrogen) atoms. The maximum atomic E-state index is 10.6. The van der Waals surface area contributed by atoms with E-state index in [1.54, 1.807) is 12.1 Å². The van der Waals surface area contributed by atoms with Crippen molar-refractivity contribution in [2.75, 3.05) is 13.7 Å². The minimum atomic E-state index is -5.31. The standard InChI is InChI=1S/C10H10O4.C3H11NO7P2/c1-14-9-6-7(2-4-8(9)11)3-5-10(12)13;4-2-1-3(5,12(6,7)8)13(9,10)11/h2-6,11H,1H3,(H,12,13);5H,1-2,4H2,(H2,6,7,8)(H2,9,10,11)/b5-3+;. The van der Waals surface area contributed by atoms with Gasteiger partial charge in [0.15, 0.2) is 11.5 Å². The van der Waals surface area contributed by atoms with Crippen molar-refractivity contribution in [1.29, 1.82) is 0 Å². The highest BCUT2D eigenvalue weighted by Gasteiger charge is 2.58. The number of aromatic hydroxyl groups is 1. The Kier molecular flexibility index (Phi) is 9.33. The van der Waals surface area contributed by atoms with Crippen molar-refractivity contribution in [2.45, 2.75) is 11.5 Å². The molecule has 0 bridgehead atoms. The maximum absolute atomic E-state index is 10.6. The van der Waals surface area contributed by atoms with E-state index < -0.39 is 39.2 Å². The van der Waals surface area contributed by atoms with Crippen LogP contribution in [-0.2, 0) is 13.9 Å². The molecule has 0 fully saturated rings. The van der Waals surface area contributed by atoms with Crippen LogP contribution in [0.2, 0.25) is 0 Å². The Morgan fingerprint density at radius 1 is 1.22 bits per heavy atom. The lowest BCUT2D eigenvalue weighted by Gasteiger charge is -2.28. The van der Waals surface area contributed by atoms with E-state index >= 15 is 0 Å². The highest BCUT2D eigenvalue weighted by molar-refractivity contribution is 7.72. The second kappa shape index (κ2) is 9.98. The highest BCUT2D eigenvalue weighted by atomic mass is 31.2. The molecule has 0 unspecified atom stereocenters. The fourth-order valence-electron chi connectivity index (χ4n) is 1.62. The van der Waals surface area contributed by atoms with Gasteiger partial charge in [-0.05, 0) is 30.3 Å². The first kappa shape index (κ1) is 25.2. The summed E-state index contributed by atoms with van der Waals surface area (Å²) in [7, 11) is -9.20. The third-order valence-electron chi connectivity index (χ3n) is 3.03. The van der Waals surface area contributed by atoms with Crippen LogP contribution in [0.1, 0.15) is 12.0 Å². The van der Waals surface area contributed by atoms with Crippen LogP contribution in [0, 0.1) is 0 Å². The van der Waals surface area contributed by atoms with Crippen LogP contribution in [0.15, 0.2) is 24.3 Å². The molecular weight excluding hydrogens is 408 g/mol. The van der Waals surface area contributed by atoms with Crippen molar-refractivity contribution in [3.8, 4) is 11.5 Å². The molecule has 1 aromatic rings. The average Bonchev–Trinajstić information content (AvgIpc) is 2.52. The summed E-state index contributed by atoms with van der Waals surface area (Å²) in [5.41, 5.74) is 5.52. The second-order valence-corrected chi connectivity index (χ2v) is 9.01. The van der Waals surface area contributed by atoms with E-state index in [4.69, 9.17) is 40.3 Å². The average molecular weight is 429 g/mol. The number of ether oxygens (including phenoxy) is 1. The third-order valence-corrected chi connectivity index (χ3v) is 6.91. The van der Waals surface area contributed by atoms with E-state index in [0.717, 1.165) is 6.08 Å². The predicted molar refractivity (Wildman–Crippen MR) is 94.0 cm³/mol. The minimum Gasteiger partial charge on any atom is -0.504 e. The molecule has 9 N–H and O–H groups in total. The lowest BCUT2D eigenvalue weighted by Crippen LogP contribution is -2.31. The third kappa shape index (κ3) is 7.41. The largest absolute Gasteiger partial charge is 0.504 e. The summed E-state index contributed by atoms with van der Waals surface area (Å²) in [6.45, 7) is -0.452. The number of rotatable bonds is 7. The molecule has 0 saturated carbocycles. The Morgan fingerprint density at radius 3 is 2.07 bits per heavy atom. The molecule has 0 heterocycles. The molecule has 0 aliphatic rings. The number of phenols is 1. The topological polar surface area (TPSA) is 228 Å². The van der Waals surface area contributed by atoms with E-state index in [1.807, 2.05) is 0 Å². The van der Waals surface area contributed by atoms with Gasteiger partial charge in [-0.25, -0.2) is 4.79 Å². The first-order valence-corrected chi connectivity index (χ1v) is 10.2. The normalized spacial score (nSPS) is 12.4. The van der Waals surface area contributed by atoms with Crippen LogP contribution < -0.4 is 10.5 Å². The molecule has 0 amide bonds. The zero-order valence-electron chi connectivity index (χ0n) is 14.0. The fraction of sp³-hybridized carbons (Fsp3) is 0.308. The van der Waals surface area contributed by atoms with Crippen molar-refractivity contribution in [3.05, 3.63) is 29.8 Å². The van der Waals surface area contributed by atoms with Gasteiger partial charge in [-0.15, -0.1) is 0 Å². The summed E-state index contributed by atoms with van der Waals surface area (Å²) >= 11 is 0. The Morgan fingerprint density at radius 2 is 1.74 bits per heavy atom. The van der Waals surface area contributed by atoms with E-state index in [1.165, 1.54) is 19.3 Å². The molecule has 0 radical (unpaired) electrons. The number of carbonyl (C=O) groups is 1. The summed E-state index contributed by atoms with van der Waals surface area (Å²) < 4.78 is 26.0. The quantitative estimate of drug-likeness (QED) is 0.209. The summed E-state index contributed by atoms with van der Waals surface area (Å²) in [5.74, 6) is -0.672. The monoisotopic (exact) mass is 429 g/mol. The number of methoxy groups -OCH3 is 1. The van der Waals surface area contributed by atoms with Crippen molar-refractivity contribution >= 4 is 27.2 Å². The molecule has 0 atom stereocenters. The molecule has 1 rings (SSSR count). The molecule has 154 valence electrons. The first-order valence-electron chi connectivity index (χ1n) is 7.01. The van der Waals surface area contributed by atoms with Gasteiger partial charge in [-0.2, -0.15) is 0 Å². The van der Waals surface area contributed by atoms with Crippen LogP contribution in [0.3, 0.4) is 0 Å². The minimum absolute atomic E-state index is 0.0278. The van der Waals surface area contributed by atoms with Crippen LogP contribution in [0.5, 0.6) is 11.5 Å². The number of phenolic OH excluding ortho intramolecular Hbond substituents is 1. The Balaban J connectivity index is 0.000000503. The first-order chi connectivity index (χ1) is 12.2. The van der Waals surface area contributed by atoms with Gasteiger partial charge in [-0.3, -0.25) is 9.13 Å². The summed E-state index contributed by atoms with van der Waals surface area (Å²) in [6, 6.07) is 4.59. The predicted octanol–water partition coefficient (Wildman–Crippen LogP) is -0.165. The molecule has 0 spiro atoms. The molecule has 1 aromatic carbocycles. The van der Waals surface area contributed by atoms with Crippen molar-refractivity contribution in [3.63, 3.8) is 0 Å². The van der Waals surface area contributed by atoms with Crippen LogP contribution in [-0.4, -0.2) is 59.6 Å². The van der Waals surface area contributed by atoms with Crippen molar-refractivity contribution in [1.82, 2.24) is 0 Å². The molecule has 12 nitrogen and oxygen atoms in total. The van der Waals surface area contributed by atoms with E-state index in [9.17, 15) is 19.0 Å². The number of hydrogen-bond acceptors (Lipinski definition) is 7. The summed E-state index contributed by atoms with van der Waals surface area (Å²) in [5, 5.41) is 23.3. The second-order valence-electron chi connectivity index (χ2n) is 5.00. The Hall–Kier alpha value is -1.75. The van der Waals surface area contributed by atoms with Gasteiger partial charge >= 0.3 is 21.2 Å². The number of aliphatic carboxylic acids is 1. The van der Waals surface area contributed by atoms with Crippen molar-refractivity contribution in [2.24, 2.45) is 5.73 Å². The molecule has 0 aliphatic heterocycles. The number of carboxylic acid groups (broad SMARTS) is 1. The SMILES string of the molecule is COc1cc(/C=C/C(=O)O)ccc1O.NCCC(O)(P(=O)(O)O)P(=O)(O)O. The summed E-state index contributed by atoms with van der Waals surface area (Å²) in [6.07, 6.45) is 1.57. The van der Waals surface area contributed by atoms with Gasteiger partial charge in [0, 0.05) is 12.5 Å². The lowest BCUT2D eigenvalue weighted by atomic mass is 10.2. The van der Waals surface area contributed by atoms with Gasteiger partial charge in [-0.1, -0.05) is 6.07 Å².